The number of hydrogen-bond donors (Lipinski definition) is 2. The van der Waals surface area contributed by atoms with Crippen molar-refractivity contribution < 1.29 is 19.1 Å². The number of carbonyl (C=O) groups excluding carboxylic acids is 2. The van der Waals surface area contributed by atoms with Crippen LogP contribution in [0.1, 0.15) is 23.6 Å². The van der Waals surface area contributed by atoms with E-state index in [2.05, 4.69) is 42.5 Å². The normalized spacial score (nSPS) is 10.9. The van der Waals surface area contributed by atoms with E-state index in [0.29, 0.717) is 38.3 Å². The van der Waals surface area contributed by atoms with E-state index in [9.17, 15) is 14.9 Å². The van der Waals surface area contributed by atoms with Crippen LogP contribution in [0, 0.1) is 25.2 Å². The molecule has 0 saturated carbocycles. The van der Waals surface area contributed by atoms with Crippen LogP contribution in [0.25, 0.3) is 6.08 Å². The second-order valence-corrected chi connectivity index (χ2v) is 9.69. The minimum absolute atomic E-state index is 0.0748. The number of ether oxygens (including phenoxy) is 2. The predicted octanol–water partition coefficient (Wildman–Crippen LogP) is 6.79. The summed E-state index contributed by atoms with van der Waals surface area (Å²) in [5.74, 6) is 0.276. The van der Waals surface area contributed by atoms with E-state index in [1.165, 1.54) is 6.08 Å². The topological polar surface area (TPSA) is 100 Å². The maximum Gasteiger partial charge on any atom is 0.266 e. The number of nitrogens with zero attached hydrogens (tertiary/aromatic N) is 1. The van der Waals surface area contributed by atoms with Crippen molar-refractivity contribution in [3.63, 3.8) is 0 Å². The van der Waals surface area contributed by atoms with E-state index in [-0.39, 0.29) is 18.1 Å². The quantitative estimate of drug-likeness (QED) is 0.201. The molecule has 0 aliphatic rings. The van der Waals surface area contributed by atoms with Gasteiger partial charge < -0.3 is 20.1 Å². The number of anilines is 2. The van der Waals surface area contributed by atoms with Crippen LogP contribution in [-0.4, -0.2) is 25.0 Å². The van der Waals surface area contributed by atoms with Crippen molar-refractivity contribution in [2.75, 3.05) is 23.8 Å². The van der Waals surface area contributed by atoms with Gasteiger partial charge >= 0.3 is 0 Å². The number of rotatable bonds is 9. The molecule has 0 bridgehead atoms. The van der Waals surface area contributed by atoms with Crippen LogP contribution in [0.5, 0.6) is 11.5 Å². The molecule has 0 radical (unpaired) electrons. The van der Waals surface area contributed by atoms with Crippen LogP contribution in [0.4, 0.5) is 11.4 Å². The van der Waals surface area contributed by atoms with Gasteiger partial charge in [-0.1, -0.05) is 12.1 Å². The number of amides is 2. The average Bonchev–Trinajstić information content (AvgIpc) is 2.86. The van der Waals surface area contributed by atoms with Crippen LogP contribution in [0.15, 0.2) is 69.1 Å². The van der Waals surface area contributed by atoms with Crippen molar-refractivity contribution in [2.24, 2.45) is 0 Å². The Hall–Kier alpha value is -3.61. The first-order valence-electron chi connectivity index (χ1n) is 11.4. The highest BCUT2D eigenvalue weighted by molar-refractivity contribution is 9.11. The first-order chi connectivity index (χ1) is 17.7. The lowest BCUT2D eigenvalue weighted by molar-refractivity contribution is -0.118. The lowest BCUT2D eigenvalue weighted by Crippen LogP contribution is -2.21. The maximum absolute atomic E-state index is 12.6. The van der Waals surface area contributed by atoms with E-state index < -0.39 is 5.91 Å². The molecule has 3 rings (SSSR count). The molecule has 0 saturated heterocycles. The number of carbonyl (C=O) groups is 2. The fourth-order valence-corrected chi connectivity index (χ4v) is 4.78. The molecule has 37 heavy (non-hydrogen) atoms. The molecular weight excluding hydrogens is 602 g/mol. The monoisotopic (exact) mass is 625 g/mol. The molecule has 2 N–H and O–H groups in total. The van der Waals surface area contributed by atoms with Gasteiger partial charge in [-0.25, -0.2) is 0 Å². The first kappa shape index (κ1) is 28.0. The summed E-state index contributed by atoms with van der Waals surface area (Å²) in [7, 11) is 0. The fraction of sp³-hybridized carbons (Fsp3) is 0.179. The first-order valence-corrected chi connectivity index (χ1v) is 12.9. The Kier molecular flexibility index (Phi) is 9.89. The SMILES string of the molecule is CCOc1ccc(NC(=O)/C(C#N)=C/c2cc(Br)c(OCC(=O)Nc3cccc(C)c3C)c(Br)c2)cc1. The molecule has 7 nitrogen and oxygen atoms in total. The van der Waals surface area contributed by atoms with Gasteiger partial charge in [-0.15, -0.1) is 0 Å². The molecule has 3 aromatic rings. The van der Waals surface area contributed by atoms with Crippen LogP contribution in [0.3, 0.4) is 0 Å². The van der Waals surface area contributed by atoms with Crippen molar-refractivity contribution in [1.82, 2.24) is 0 Å². The van der Waals surface area contributed by atoms with Crippen LogP contribution in [0.2, 0.25) is 0 Å². The molecule has 3 aromatic carbocycles. The molecule has 0 aliphatic heterocycles. The molecule has 0 aliphatic carbocycles. The van der Waals surface area contributed by atoms with Crippen LogP contribution in [-0.2, 0) is 9.59 Å². The Balaban J connectivity index is 1.68. The van der Waals surface area contributed by atoms with Crippen molar-refractivity contribution in [3.8, 4) is 17.6 Å². The van der Waals surface area contributed by atoms with Crippen molar-refractivity contribution in [1.29, 1.82) is 5.26 Å². The third-order valence-electron chi connectivity index (χ3n) is 5.35. The Labute approximate surface area is 232 Å². The third kappa shape index (κ3) is 7.68. The summed E-state index contributed by atoms with van der Waals surface area (Å²) in [5.41, 5.74) is 3.87. The molecule has 0 spiro atoms. The number of halogens is 2. The summed E-state index contributed by atoms with van der Waals surface area (Å²) in [6, 6.07) is 17.9. The number of nitriles is 1. The summed E-state index contributed by atoms with van der Waals surface area (Å²) < 4.78 is 12.2. The van der Waals surface area contributed by atoms with Gasteiger partial charge in [0.05, 0.1) is 15.6 Å². The maximum atomic E-state index is 12.6. The summed E-state index contributed by atoms with van der Waals surface area (Å²) >= 11 is 6.89. The molecule has 190 valence electrons. The number of hydrogen-bond acceptors (Lipinski definition) is 5. The zero-order valence-corrected chi connectivity index (χ0v) is 23.7. The van der Waals surface area contributed by atoms with Crippen molar-refractivity contribution >= 4 is 61.1 Å². The average molecular weight is 627 g/mol. The third-order valence-corrected chi connectivity index (χ3v) is 6.52. The number of nitrogens with one attached hydrogen (secondary N) is 2. The highest BCUT2D eigenvalue weighted by Gasteiger charge is 2.14. The zero-order chi connectivity index (χ0) is 26.9. The predicted molar refractivity (Wildman–Crippen MR) is 152 cm³/mol. The second-order valence-electron chi connectivity index (χ2n) is 7.98. The molecule has 0 aromatic heterocycles. The molecule has 0 unspecified atom stereocenters. The van der Waals surface area contributed by atoms with Crippen LogP contribution < -0.4 is 20.1 Å². The number of aryl methyl sites for hydroxylation is 1. The molecule has 0 heterocycles. The van der Waals surface area contributed by atoms with Crippen molar-refractivity contribution in [2.45, 2.75) is 20.8 Å². The summed E-state index contributed by atoms with van der Waals surface area (Å²) in [5, 5.41) is 15.1. The smallest absolute Gasteiger partial charge is 0.266 e. The van der Waals surface area contributed by atoms with Gasteiger partial charge in [-0.05, 0) is 118 Å². The molecule has 9 heteroatoms. The number of benzene rings is 3. The zero-order valence-electron chi connectivity index (χ0n) is 20.5. The standard InChI is InChI=1S/C28H25Br2N3O4/c1-4-36-22-10-8-21(9-11-22)32-28(35)20(15-31)12-19-13-23(29)27(24(30)14-19)37-16-26(34)33-25-7-5-6-17(2)18(25)3/h5-14H,4,16H2,1-3H3,(H,32,35)(H,33,34)/b20-12+. The van der Waals surface area contributed by atoms with Gasteiger partial charge in [-0.2, -0.15) is 5.26 Å². The largest absolute Gasteiger partial charge is 0.494 e. The van der Waals surface area contributed by atoms with E-state index in [1.807, 2.05) is 45.0 Å². The van der Waals surface area contributed by atoms with Gasteiger partial charge in [0.2, 0.25) is 0 Å². The summed E-state index contributed by atoms with van der Waals surface area (Å²) in [4.78, 5) is 25.1. The minimum atomic E-state index is -0.539. The molecule has 2 amide bonds. The van der Waals surface area contributed by atoms with Gasteiger partial charge in [-0.3, -0.25) is 9.59 Å². The Bertz CT molecular complexity index is 1360. The Morgan fingerprint density at radius 1 is 1.00 bits per heavy atom. The minimum Gasteiger partial charge on any atom is -0.494 e. The molecular formula is C28H25Br2N3O4. The van der Waals surface area contributed by atoms with Gasteiger partial charge in [0.25, 0.3) is 11.8 Å². The van der Waals surface area contributed by atoms with E-state index >= 15 is 0 Å². The summed E-state index contributed by atoms with van der Waals surface area (Å²) in [6.07, 6.45) is 1.47. The van der Waals surface area contributed by atoms with Crippen LogP contribution >= 0.6 is 31.9 Å². The van der Waals surface area contributed by atoms with E-state index in [1.54, 1.807) is 36.4 Å². The van der Waals surface area contributed by atoms with Gasteiger partial charge in [0.1, 0.15) is 23.1 Å². The fourth-order valence-electron chi connectivity index (χ4n) is 3.33. The second kappa shape index (κ2) is 13.1. The highest BCUT2D eigenvalue weighted by atomic mass is 79.9. The van der Waals surface area contributed by atoms with E-state index in [0.717, 1.165) is 16.8 Å². The lowest BCUT2D eigenvalue weighted by atomic mass is 10.1. The molecule has 0 atom stereocenters. The van der Waals surface area contributed by atoms with Crippen molar-refractivity contribution in [3.05, 3.63) is 85.8 Å². The van der Waals surface area contributed by atoms with Gasteiger partial charge in [0, 0.05) is 11.4 Å². The highest BCUT2D eigenvalue weighted by Crippen LogP contribution is 2.35. The Morgan fingerprint density at radius 3 is 2.30 bits per heavy atom. The molecule has 0 fully saturated rings. The lowest BCUT2D eigenvalue weighted by Gasteiger charge is -2.13. The van der Waals surface area contributed by atoms with Gasteiger partial charge in [0.15, 0.2) is 6.61 Å². The summed E-state index contributed by atoms with van der Waals surface area (Å²) in [6.45, 7) is 6.15. The van der Waals surface area contributed by atoms with E-state index in [4.69, 9.17) is 9.47 Å². The Morgan fingerprint density at radius 2 is 1.68 bits per heavy atom.